The molecular weight excluding hydrogens is 511 g/mol. The van der Waals surface area contributed by atoms with Gasteiger partial charge in [0, 0.05) is 35.2 Å². The summed E-state index contributed by atoms with van der Waals surface area (Å²) < 4.78 is 61.8. The van der Waals surface area contributed by atoms with E-state index in [0.717, 1.165) is 44.0 Å². The van der Waals surface area contributed by atoms with Crippen LogP contribution in [0, 0.1) is 0 Å². The number of alkyl halides is 3. The third-order valence-electron chi connectivity index (χ3n) is 5.33. The molecule has 6 nitrogen and oxygen atoms in total. The second-order valence-corrected chi connectivity index (χ2v) is 10.7. The standard InChI is InChI=1S/C22H19ClF3N3O3S2/c23-18-12-16(28-34(31,32)22(24,25)26)8-9-17(18)19-13-33-20(27-19)14-4-6-15(7-5-14)21(30)29-10-2-1-3-11-29/h4-9,12-13,28H,1-3,10-11H2. The number of aromatic nitrogens is 1. The number of likely N-dealkylation sites (tertiary alicyclic amines) is 1. The summed E-state index contributed by atoms with van der Waals surface area (Å²) in [5.74, 6) is 0.0131. The molecule has 1 amide bonds. The molecule has 1 aromatic heterocycles. The molecule has 0 saturated carbocycles. The van der Waals surface area contributed by atoms with Crippen molar-refractivity contribution in [3.63, 3.8) is 0 Å². The molecular formula is C22H19ClF3N3O3S2. The normalized spacial score (nSPS) is 14.8. The van der Waals surface area contributed by atoms with Crippen molar-refractivity contribution >= 4 is 44.6 Å². The van der Waals surface area contributed by atoms with Crippen LogP contribution in [-0.2, 0) is 10.0 Å². The number of anilines is 1. The van der Waals surface area contributed by atoms with Gasteiger partial charge < -0.3 is 4.90 Å². The van der Waals surface area contributed by atoms with E-state index in [2.05, 4.69) is 4.98 Å². The molecule has 0 unspecified atom stereocenters. The first-order valence-electron chi connectivity index (χ1n) is 10.3. The van der Waals surface area contributed by atoms with E-state index < -0.39 is 15.5 Å². The number of nitrogens with one attached hydrogen (secondary N) is 1. The molecule has 34 heavy (non-hydrogen) atoms. The number of nitrogens with zero attached hydrogens (tertiary/aromatic N) is 2. The summed E-state index contributed by atoms with van der Waals surface area (Å²) in [5, 5.41) is 2.45. The van der Waals surface area contributed by atoms with Gasteiger partial charge in [-0.1, -0.05) is 23.7 Å². The van der Waals surface area contributed by atoms with Gasteiger partial charge in [0.1, 0.15) is 5.01 Å². The highest BCUT2D eigenvalue weighted by Gasteiger charge is 2.46. The summed E-state index contributed by atoms with van der Waals surface area (Å²) in [5.41, 5.74) is -3.40. The van der Waals surface area contributed by atoms with Crippen molar-refractivity contribution in [2.45, 2.75) is 24.8 Å². The van der Waals surface area contributed by atoms with Gasteiger partial charge >= 0.3 is 15.5 Å². The summed E-state index contributed by atoms with van der Waals surface area (Å²) in [6, 6.07) is 10.8. The molecule has 3 aromatic rings. The van der Waals surface area contributed by atoms with Crippen LogP contribution in [-0.4, -0.2) is 42.8 Å². The topological polar surface area (TPSA) is 79.4 Å². The highest BCUT2D eigenvalue weighted by atomic mass is 35.5. The lowest BCUT2D eigenvalue weighted by molar-refractivity contribution is -0.0429. The fraction of sp³-hybridized carbons (Fsp3) is 0.273. The van der Waals surface area contributed by atoms with Gasteiger partial charge in [-0.05, 0) is 49.6 Å². The van der Waals surface area contributed by atoms with Gasteiger partial charge in [-0.2, -0.15) is 21.6 Å². The van der Waals surface area contributed by atoms with E-state index in [9.17, 15) is 26.4 Å². The quantitative estimate of drug-likeness (QED) is 0.438. The largest absolute Gasteiger partial charge is 0.516 e. The maximum absolute atomic E-state index is 12.6. The van der Waals surface area contributed by atoms with Crippen LogP contribution in [0.5, 0.6) is 0 Å². The minimum absolute atomic E-state index is 0.0131. The van der Waals surface area contributed by atoms with Gasteiger partial charge in [-0.25, -0.2) is 4.98 Å². The zero-order valence-electron chi connectivity index (χ0n) is 17.6. The number of piperidine rings is 1. The van der Waals surface area contributed by atoms with Gasteiger partial charge in [0.05, 0.1) is 16.4 Å². The molecule has 2 aromatic carbocycles. The number of rotatable bonds is 5. The smallest absolute Gasteiger partial charge is 0.339 e. The van der Waals surface area contributed by atoms with Crippen LogP contribution in [0.2, 0.25) is 5.02 Å². The lowest BCUT2D eigenvalue weighted by Crippen LogP contribution is -2.35. The van der Waals surface area contributed by atoms with E-state index >= 15 is 0 Å². The van der Waals surface area contributed by atoms with Crippen molar-refractivity contribution in [3.8, 4) is 21.8 Å². The lowest BCUT2D eigenvalue weighted by atomic mass is 10.1. The molecule has 0 bridgehead atoms. The Morgan fingerprint density at radius 2 is 1.74 bits per heavy atom. The van der Waals surface area contributed by atoms with Crippen molar-refractivity contribution in [3.05, 3.63) is 58.4 Å². The Morgan fingerprint density at radius 3 is 2.35 bits per heavy atom. The van der Waals surface area contributed by atoms with Gasteiger partial charge in [-0.3, -0.25) is 9.52 Å². The minimum atomic E-state index is -5.54. The summed E-state index contributed by atoms with van der Waals surface area (Å²) in [6.45, 7) is 1.54. The third kappa shape index (κ3) is 5.21. The first kappa shape index (κ1) is 24.5. The van der Waals surface area contributed by atoms with Gasteiger partial charge in [-0.15, -0.1) is 11.3 Å². The number of hydrogen-bond acceptors (Lipinski definition) is 5. The van der Waals surface area contributed by atoms with Crippen LogP contribution in [0.15, 0.2) is 47.8 Å². The van der Waals surface area contributed by atoms with E-state index in [1.165, 1.54) is 28.2 Å². The van der Waals surface area contributed by atoms with Crippen LogP contribution in [0.1, 0.15) is 29.6 Å². The van der Waals surface area contributed by atoms with Crippen LogP contribution in [0.3, 0.4) is 0 Å². The third-order valence-corrected chi connectivity index (χ3v) is 7.65. The average molecular weight is 530 g/mol. The summed E-state index contributed by atoms with van der Waals surface area (Å²) in [7, 11) is -5.54. The average Bonchev–Trinajstić information content (AvgIpc) is 3.28. The molecule has 0 atom stereocenters. The molecule has 180 valence electrons. The zero-order valence-corrected chi connectivity index (χ0v) is 20.0. The molecule has 0 radical (unpaired) electrons. The van der Waals surface area contributed by atoms with Crippen LogP contribution in [0.4, 0.5) is 18.9 Å². The Hall–Kier alpha value is -2.63. The number of halogens is 4. The fourth-order valence-electron chi connectivity index (χ4n) is 3.56. The van der Waals surface area contributed by atoms with Gasteiger partial charge in [0.15, 0.2) is 0 Å². The maximum Gasteiger partial charge on any atom is 0.516 e. The molecule has 12 heteroatoms. The van der Waals surface area contributed by atoms with Crippen LogP contribution >= 0.6 is 22.9 Å². The van der Waals surface area contributed by atoms with E-state index in [1.807, 2.05) is 17.0 Å². The lowest BCUT2D eigenvalue weighted by Gasteiger charge is -2.26. The van der Waals surface area contributed by atoms with E-state index in [4.69, 9.17) is 11.6 Å². The predicted octanol–water partition coefficient (Wildman–Crippen LogP) is 6.02. The van der Waals surface area contributed by atoms with Crippen LogP contribution in [0.25, 0.3) is 21.8 Å². The second kappa shape index (κ2) is 9.55. The number of benzene rings is 2. The first-order chi connectivity index (χ1) is 16.0. The molecule has 0 aliphatic carbocycles. The molecule has 1 saturated heterocycles. The van der Waals surface area contributed by atoms with Gasteiger partial charge in [0.25, 0.3) is 5.91 Å². The summed E-state index contributed by atoms with van der Waals surface area (Å²) in [4.78, 5) is 19.0. The van der Waals surface area contributed by atoms with Crippen molar-refractivity contribution in [1.82, 2.24) is 9.88 Å². The molecule has 4 rings (SSSR count). The van der Waals surface area contributed by atoms with Crippen molar-refractivity contribution in [1.29, 1.82) is 0 Å². The Kier molecular flexibility index (Phi) is 6.88. The Labute approximate surface area is 203 Å². The Morgan fingerprint density at radius 1 is 1.06 bits per heavy atom. The number of amides is 1. The molecule has 1 aliphatic rings. The second-order valence-electron chi connectivity index (χ2n) is 7.71. The Bertz CT molecular complexity index is 1300. The van der Waals surface area contributed by atoms with Crippen molar-refractivity contribution in [2.75, 3.05) is 17.8 Å². The number of thiazole rings is 1. The van der Waals surface area contributed by atoms with Gasteiger partial charge in [0.2, 0.25) is 0 Å². The number of hydrogen-bond donors (Lipinski definition) is 1. The monoisotopic (exact) mass is 529 g/mol. The zero-order chi connectivity index (χ0) is 24.5. The van der Waals surface area contributed by atoms with Crippen molar-refractivity contribution < 1.29 is 26.4 Å². The van der Waals surface area contributed by atoms with E-state index in [0.29, 0.717) is 21.8 Å². The number of sulfonamides is 1. The molecule has 0 spiro atoms. The minimum Gasteiger partial charge on any atom is -0.339 e. The Balaban J connectivity index is 1.50. The van der Waals surface area contributed by atoms with Crippen molar-refractivity contribution in [2.24, 2.45) is 0 Å². The maximum atomic E-state index is 12.6. The summed E-state index contributed by atoms with van der Waals surface area (Å²) in [6.07, 6.45) is 3.18. The summed E-state index contributed by atoms with van der Waals surface area (Å²) >= 11 is 7.54. The highest BCUT2D eigenvalue weighted by molar-refractivity contribution is 7.93. The van der Waals surface area contributed by atoms with E-state index in [-0.39, 0.29) is 16.6 Å². The predicted molar refractivity (Wildman–Crippen MR) is 126 cm³/mol. The SMILES string of the molecule is O=C(c1ccc(-c2nc(-c3ccc(NS(=O)(=O)C(F)(F)F)cc3Cl)cs2)cc1)N1CCCCC1. The first-order valence-corrected chi connectivity index (χ1v) is 13.0. The highest BCUT2D eigenvalue weighted by Crippen LogP contribution is 2.35. The number of carbonyl (C=O) groups is 1. The molecule has 1 aliphatic heterocycles. The fourth-order valence-corrected chi connectivity index (χ4v) is 5.22. The van der Waals surface area contributed by atoms with E-state index in [1.54, 1.807) is 17.5 Å². The molecule has 1 N–H and O–H groups in total. The number of carbonyl (C=O) groups excluding carboxylic acids is 1. The van der Waals surface area contributed by atoms with Crippen LogP contribution < -0.4 is 4.72 Å². The molecule has 1 fully saturated rings. The molecule has 2 heterocycles.